The second-order valence-corrected chi connectivity index (χ2v) is 6.05. The number of anilines is 3. The zero-order valence-corrected chi connectivity index (χ0v) is 13.7. The van der Waals surface area contributed by atoms with Crippen molar-refractivity contribution >= 4 is 28.9 Å². The molecule has 0 aromatic heterocycles. The summed E-state index contributed by atoms with van der Waals surface area (Å²) in [5.41, 5.74) is 10.1. The van der Waals surface area contributed by atoms with E-state index in [0.717, 1.165) is 23.2 Å². The molecule has 5 nitrogen and oxygen atoms in total. The van der Waals surface area contributed by atoms with Crippen LogP contribution in [-0.4, -0.2) is 18.4 Å². The molecule has 0 unspecified atom stereocenters. The Kier molecular flexibility index (Phi) is 4.51. The van der Waals surface area contributed by atoms with Crippen LogP contribution in [-0.2, 0) is 16.0 Å². The predicted molar refractivity (Wildman–Crippen MR) is 96.0 cm³/mol. The highest BCUT2D eigenvalue weighted by Gasteiger charge is 2.24. The Balaban J connectivity index is 1.66. The summed E-state index contributed by atoms with van der Waals surface area (Å²) in [5, 5.41) is 2.87. The van der Waals surface area contributed by atoms with Gasteiger partial charge in [0.2, 0.25) is 11.8 Å². The highest BCUT2D eigenvalue weighted by Crippen LogP contribution is 2.27. The Morgan fingerprint density at radius 1 is 1.21 bits per heavy atom. The summed E-state index contributed by atoms with van der Waals surface area (Å²) in [4.78, 5) is 26.2. The molecule has 0 saturated heterocycles. The molecule has 2 aromatic carbocycles. The third-order valence-electron chi connectivity index (χ3n) is 4.29. The molecule has 0 atom stereocenters. The average Bonchev–Trinajstić information content (AvgIpc) is 2.57. The molecule has 0 aliphatic carbocycles. The van der Waals surface area contributed by atoms with Crippen LogP contribution >= 0.6 is 0 Å². The topological polar surface area (TPSA) is 75.4 Å². The first-order valence-electron chi connectivity index (χ1n) is 8.09. The van der Waals surface area contributed by atoms with Crippen LogP contribution < -0.4 is 16.0 Å². The number of nitrogens with zero attached hydrogens (tertiary/aromatic N) is 1. The minimum atomic E-state index is -0.125. The van der Waals surface area contributed by atoms with E-state index in [0.29, 0.717) is 24.3 Å². The molecule has 0 saturated carbocycles. The number of benzene rings is 2. The van der Waals surface area contributed by atoms with E-state index in [1.165, 1.54) is 0 Å². The Morgan fingerprint density at radius 3 is 2.83 bits per heavy atom. The average molecular weight is 323 g/mol. The summed E-state index contributed by atoms with van der Waals surface area (Å²) in [6, 6.07) is 13.3. The molecule has 0 radical (unpaired) electrons. The van der Waals surface area contributed by atoms with Crippen molar-refractivity contribution in [3.05, 3.63) is 53.6 Å². The maximum absolute atomic E-state index is 12.2. The molecule has 3 rings (SSSR count). The van der Waals surface area contributed by atoms with Gasteiger partial charge in [-0.05, 0) is 42.7 Å². The van der Waals surface area contributed by atoms with Crippen molar-refractivity contribution in [1.82, 2.24) is 0 Å². The monoisotopic (exact) mass is 323 g/mol. The lowest BCUT2D eigenvalue weighted by Crippen LogP contribution is -2.37. The quantitative estimate of drug-likeness (QED) is 0.850. The fourth-order valence-electron chi connectivity index (χ4n) is 2.94. The van der Waals surface area contributed by atoms with Crippen molar-refractivity contribution < 1.29 is 9.59 Å². The second-order valence-electron chi connectivity index (χ2n) is 6.05. The number of nitrogens with one attached hydrogen (secondary N) is 1. The molecule has 1 heterocycles. The molecule has 1 aliphatic rings. The van der Waals surface area contributed by atoms with E-state index in [1.54, 1.807) is 17.0 Å². The number of fused-ring (bicyclic) bond motifs is 1. The van der Waals surface area contributed by atoms with E-state index in [-0.39, 0.29) is 18.2 Å². The van der Waals surface area contributed by atoms with E-state index in [9.17, 15) is 9.59 Å². The summed E-state index contributed by atoms with van der Waals surface area (Å²) >= 11 is 0. The van der Waals surface area contributed by atoms with Gasteiger partial charge in [0.15, 0.2) is 0 Å². The first kappa shape index (κ1) is 16.1. The zero-order valence-electron chi connectivity index (χ0n) is 13.7. The van der Waals surface area contributed by atoms with Crippen molar-refractivity contribution in [3.63, 3.8) is 0 Å². The van der Waals surface area contributed by atoms with Gasteiger partial charge < -0.3 is 16.0 Å². The van der Waals surface area contributed by atoms with Crippen molar-refractivity contribution in [1.29, 1.82) is 0 Å². The number of carbonyl (C=O) groups is 2. The summed E-state index contributed by atoms with van der Waals surface area (Å²) in [6.07, 6.45) is 1.50. The SMILES string of the molecule is Cc1ccc(N)cc1NC(=O)CCN1C(=O)CCc2ccccc21. The van der Waals surface area contributed by atoms with Gasteiger partial charge >= 0.3 is 0 Å². The molecule has 0 bridgehead atoms. The number of hydrogen-bond donors (Lipinski definition) is 2. The van der Waals surface area contributed by atoms with Crippen molar-refractivity contribution in [2.45, 2.75) is 26.2 Å². The first-order valence-corrected chi connectivity index (χ1v) is 8.09. The van der Waals surface area contributed by atoms with Gasteiger partial charge in [0.1, 0.15) is 0 Å². The zero-order chi connectivity index (χ0) is 17.1. The Labute approximate surface area is 141 Å². The lowest BCUT2D eigenvalue weighted by molar-refractivity contribution is -0.119. The molecular weight excluding hydrogens is 302 g/mol. The van der Waals surface area contributed by atoms with Crippen molar-refractivity contribution in [2.24, 2.45) is 0 Å². The standard InChI is InChI=1S/C19H21N3O2/c1-13-6-8-15(20)12-16(13)21-18(23)10-11-22-17-5-3-2-4-14(17)7-9-19(22)24/h2-6,8,12H,7,9-11,20H2,1H3,(H,21,23). The molecule has 3 N–H and O–H groups in total. The molecular formula is C19H21N3O2. The van der Waals surface area contributed by atoms with Crippen molar-refractivity contribution in [3.8, 4) is 0 Å². The number of nitrogen functional groups attached to an aromatic ring is 1. The fraction of sp³-hybridized carbons (Fsp3) is 0.263. The number of hydrogen-bond acceptors (Lipinski definition) is 3. The van der Waals surface area contributed by atoms with Gasteiger partial charge in [-0.3, -0.25) is 9.59 Å². The summed E-state index contributed by atoms with van der Waals surface area (Å²) < 4.78 is 0. The van der Waals surface area contributed by atoms with Crippen LogP contribution in [0.25, 0.3) is 0 Å². The number of rotatable bonds is 4. The summed E-state index contributed by atoms with van der Waals surface area (Å²) in [6.45, 7) is 2.29. The molecule has 2 aromatic rings. The van der Waals surface area contributed by atoms with E-state index in [1.807, 2.05) is 37.3 Å². The van der Waals surface area contributed by atoms with Gasteiger partial charge in [-0.15, -0.1) is 0 Å². The lowest BCUT2D eigenvalue weighted by Gasteiger charge is -2.29. The molecule has 0 spiro atoms. The summed E-state index contributed by atoms with van der Waals surface area (Å²) in [5.74, 6) is -0.0545. The van der Waals surface area contributed by atoms with Crippen LogP contribution in [0, 0.1) is 6.92 Å². The van der Waals surface area contributed by atoms with Gasteiger partial charge in [-0.25, -0.2) is 0 Å². The Bertz CT molecular complexity index is 786. The Morgan fingerprint density at radius 2 is 2.00 bits per heavy atom. The number of para-hydroxylation sites is 1. The molecule has 5 heteroatoms. The molecule has 2 amide bonds. The van der Waals surface area contributed by atoms with Gasteiger partial charge in [0, 0.05) is 36.4 Å². The molecule has 24 heavy (non-hydrogen) atoms. The highest BCUT2D eigenvalue weighted by atomic mass is 16.2. The number of nitrogens with two attached hydrogens (primary N) is 1. The van der Waals surface area contributed by atoms with Crippen LogP contribution in [0.4, 0.5) is 17.1 Å². The molecule has 1 aliphatic heterocycles. The largest absolute Gasteiger partial charge is 0.399 e. The van der Waals surface area contributed by atoms with Crippen LogP contribution in [0.3, 0.4) is 0 Å². The van der Waals surface area contributed by atoms with Crippen LogP contribution in [0.15, 0.2) is 42.5 Å². The number of amides is 2. The predicted octanol–water partition coefficient (Wildman–Crippen LogP) is 2.89. The van der Waals surface area contributed by atoms with Gasteiger partial charge in [0.05, 0.1) is 0 Å². The Hall–Kier alpha value is -2.82. The van der Waals surface area contributed by atoms with Crippen LogP contribution in [0.5, 0.6) is 0 Å². The van der Waals surface area contributed by atoms with Crippen LogP contribution in [0.2, 0.25) is 0 Å². The smallest absolute Gasteiger partial charge is 0.227 e. The van der Waals surface area contributed by atoms with Gasteiger partial charge in [-0.2, -0.15) is 0 Å². The van der Waals surface area contributed by atoms with Crippen LogP contribution in [0.1, 0.15) is 24.0 Å². The van der Waals surface area contributed by atoms with E-state index in [4.69, 9.17) is 5.73 Å². The van der Waals surface area contributed by atoms with Gasteiger partial charge in [-0.1, -0.05) is 24.3 Å². The lowest BCUT2D eigenvalue weighted by atomic mass is 10.0. The minimum Gasteiger partial charge on any atom is -0.399 e. The minimum absolute atomic E-state index is 0.0710. The third kappa shape index (κ3) is 3.40. The van der Waals surface area contributed by atoms with Crippen molar-refractivity contribution in [2.75, 3.05) is 22.5 Å². The molecule has 0 fully saturated rings. The van der Waals surface area contributed by atoms with E-state index < -0.39 is 0 Å². The summed E-state index contributed by atoms with van der Waals surface area (Å²) in [7, 11) is 0. The first-order chi connectivity index (χ1) is 11.5. The normalized spacial score (nSPS) is 13.5. The maximum Gasteiger partial charge on any atom is 0.227 e. The second kappa shape index (κ2) is 6.74. The van der Waals surface area contributed by atoms with E-state index >= 15 is 0 Å². The maximum atomic E-state index is 12.2. The molecule has 124 valence electrons. The van der Waals surface area contributed by atoms with Gasteiger partial charge in [0.25, 0.3) is 0 Å². The number of aryl methyl sites for hydroxylation is 2. The third-order valence-corrected chi connectivity index (χ3v) is 4.29. The highest BCUT2D eigenvalue weighted by molar-refractivity contribution is 5.98. The van der Waals surface area contributed by atoms with E-state index in [2.05, 4.69) is 5.32 Å². The number of carbonyl (C=O) groups excluding carboxylic acids is 2. The fourth-order valence-corrected chi connectivity index (χ4v) is 2.94.